The van der Waals surface area contributed by atoms with E-state index in [2.05, 4.69) is 15.2 Å². The Balaban J connectivity index is 1.82. The SMILES string of the molecule is Cc1noc(C)c1CNC(=O)CCNS(=O)(=O)c1cccc(Cl)c1. The van der Waals surface area contributed by atoms with Crippen LogP contribution in [0, 0.1) is 13.8 Å². The number of amides is 1. The number of carbonyl (C=O) groups excluding carboxylic acids is 1. The lowest BCUT2D eigenvalue weighted by Gasteiger charge is -2.08. The van der Waals surface area contributed by atoms with E-state index in [0.29, 0.717) is 17.3 Å². The normalized spacial score (nSPS) is 11.5. The average molecular weight is 372 g/mol. The molecular formula is C15H18ClN3O4S. The molecule has 1 aromatic heterocycles. The molecule has 7 nitrogen and oxygen atoms in total. The van der Waals surface area contributed by atoms with Gasteiger partial charge >= 0.3 is 0 Å². The maximum absolute atomic E-state index is 12.1. The summed E-state index contributed by atoms with van der Waals surface area (Å²) >= 11 is 5.78. The van der Waals surface area contributed by atoms with Gasteiger partial charge in [0.15, 0.2) is 0 Å². The number of rotatable bonds is 7. The van der Waals surface area contributed by atoms with Crippen molar-refractivity contribution in [1.82, 2.24) is 15.2 Å². The third-order valence-corrected chi connectivity index (χ3v) is 5.09. The highest BCUT2D eigenvalue weighted by molar-refractivity contribution is 7.89. The number of halogens is 1. The number of aryl methyl sites for hydroxylation is 2. The molecule has 2 aromatic rings. The zero-order chi connectivity index (χ0) is 17.7. The van der Waals surface area contributed by atoms with E-state index in [1.165, 1.54) is 12.1 Å². The van der Waals surface area contributed by atoms with Crippen molar-refractivity contribution in [3.8, 4) is 0 Å². The summed E-state index contributed by atoms with van der Waals surface area (Å²) < 4.78 is 31.5. The van der Waals surface area contributed by atoms with Gasteiger partial charge in [-0.1, -0.05) is 22.8 Å². The smallest absolute Gasteiger partial charge is 0.240 e. The van der Waals surface area contributed by atoms with Crippen LogP contribution < -0.4 is 10.0 Å². The minimum absolute atomic E-state index is 0.0116. The van der Waals surface area contributed by atoms with Crippen molar-refractivity contribution in [3.63, 3.8) is 0 Å². The van der Waals surface area contributed by atoms with Crippen molar-refractivity contribution in [1.29, 1.82) is 0 Å². The first-order valence-corrected chi connectivity index (χ1v) is 9.09. The van der Waals surface area contributed by atoms with Crippen LogP contribution in [0.3, 0.4) is 0 Å². The van der Waals surface area contributed by atoms with Crippen molar-refractivity contribution < 1.29 is 17.7 Å². The minimum atomic E-state index is -3.69. The number of sulfonamides is 1. The quantitative estimate of drug-likeness (QED) is 0.774. The van der Waals surface area contributed by atoms with Gasteiger partial charge in [-0.25, -0.2) is 13.1 Å². The molecule has 0 atom stereocenters. The molecule has 0 unspecified atom stereocenters. The van der Waals surface area contributed by atoms with Gasteiger partial charge in [-0.3, -0.25) is 4.79 Å². The van der Waals surface area contributed by atoms with Gasteiger partial charge in [0.05, 0.1) is 10.6 Å². The molecule has 0 aliphatic heterocycles. The van der Waals surface area contributed by atoms with Gasteiger partial charge in [0.25, 0.3) is 0 Å². The first kappa shape index (κ1) is 18.4. The Labute approximate surface area is 145 Å². The third-order valence-electron chi connectivity index (χ3n) is 3.39. The second kappa shape index (κ2) is 7.78. The summed E-state index contributed by atoms with van der Waals surface area (Å²) in [7, 11) is -3.69. The Hall–Kier alpha value is -1.90. The lowest BCUT2D eigenvalue weighted by Crippen LogP contribution is -2.30. The van der Waals surface area contributed by atoms with Crippen LogP contribution in [0.5, 0.6) is 0 Å². The number of aromatic nitrogens is 1. The average Bonchev–Trinajstić information content (AvgIpc) is 2.84. The minimum Gasteiger partial charge on any atom is -0.361 e. The molecule has 2 N–H and O–H groups in total. The fourth-order valence-corrected chi connectivity index (χ4v) is 3.38. The van der Waals surface area contributed by atoms with Crippen LogP contribution in [0.4, 0.5) is 0 Å². The number of hydrogen-bond donors (Lipinski definition) is 2. The molecule has 0 aliphatic rings. The summed E-state index contributed by atoms with van der Waals surface area (Å²) in [5, 5.41) is 6.84. The first-order chi connectivity index (χ1) is 11.3. The predicted molar refractivity (Wildman–Crippen MR) is 89.1 cm³/mol. The maximum Gasteiger partial charge on any atom is 0.240 e. The van der Waals surface area contributed by atoms with E-state index in [1.54, 1.807) is 26.0 Å². The topological polar surface area (TPSA) is 101 Å². The Bertz CT molecular complexity index is 813. The largest absolute Gasteiger partial charge is 0.361 e. The second-order valence-corrected chi connectivity index (χ2v) is 7.39. The van der Waals surface area contributed by atoms with E-state index in [0.717, 1.165) is 11.3 Å². The summed E-state index contributed by atoms with van der Waals surface area (Å²) in [5.41, 5.74) is 1.54. The maximum atomic E-state index is 12.1. The van der Waals surface area contributed by atoms with E-state index in [1.807, 2.05) is 0 Å². The van der Waals surface area contributed by atoms with Gasteiger partial charge in [0, 0.05) is 30.1 Å². The Kier molecular flexibility index (Phi) is 5.98. The molecule has 0 bridgehead atoms. The summed E-state index contributed by atoms with van der Waals surface area (Å²) in [5.74, 6) is 0.373. The van der Waals surface area contributed by atoms with Crippen molar-refractivity contribution >= 4 is 27.5 Å². The summed E-state index contributed by atoms with van der Waals surface area (Å²) in [4.78, 5) is 11.9. The van der Waals surface area contributed by atoms with Crippen LogP contribution in [-0.4, -0.2) is 26.0 Å². The number of benzene rings is 1. The highest BCUT2D eigenvalue weighted by Crippen LogP contribution is 2.15. The molecule has 130 valence electrons. The second-order valence-electron chi connectivity index (χ2n) is 5.18. The third kappa shape index (κ3) is 4.80. The van der Waals surface area contributed by atoms with Crippen LogP contribution in [0.15, 0.2) is 33.7 Å². The molecule has 9 heteroatoms. The van der Waals surface area contributed by atoms with E-state index in [9.17, 15) is 13.2 Å². The Morgan fingerprint density at radius 1 is 1.33 bits per heavy atom. The highest BCUT2D eigenvalue weighted by Gasteiger charge is 2.15. The van der Waals surface area contributed by atoms with E-state index >= 15 is 0 Å². The van der Waals surface area contributed by atoms with Crippen LogP contribution in [0.1, 0.15) is 23.4 Å². The van der Waals surface area contributed by atoms with Gasteiger partial charge in [-0.15, -0.1) is 0 Å². The van der Waals surface area contributed by atoms with E-state index < -0.39 is 10.0 Å². The van der Waals surface area contributed by atoms with Gasteiger partial charge < -0.3 is 9.84 Å². The number of carbonyl (C=O) groups is 1. The molecule has 0 saturated carbocycles. The fraction of sp³-hybridized carbons (Fsp3) is 0.333. The van der Waals surface area contributed by atoms with Crippen molar-refractivity contribution in [2.45, 2.75) is 31.7 Å². The molecule has 0 aliphatic carbocycles. The van der Waals surface area contributed by atoms with Gasteiger partial charge in [-0.05, 0) is 32.0 Å². The van der Waals surface area contributed by atoms with Crippen molar-refractivity contribution in [2.75, 3.05) is 6.54 Å². The molecular weight excluding hydrogens is 354 g/mol. The number of nitrogens with zero attached hydrogens (tertiary/aromatic N) is 1. The van der Waals surface area contributed by atoms with Crippen LogP contribution in [-0.2, 0) is 21.4 Å². The summed E-state index contributed by atoms with van der Waals surface area (Å²) in [6.45, 7) is 3.83. The molecule has 1 heterocycles. The van der Waals surface area contributed by atoms with Crippen molar-refractivity contribution in [2.24, 2.45) is 0 Å². The van der Waals surface area contributed by atoms with Gasteiger partial charge in [0.1, 0.15) is 5.76 Å². The zero-order valence-corrected chi connectivity index (χ0v) is 14.9. The van der Waals surface area contributed by atoms with E-state index in [-0.39, 0.29) is 23.8 Å². The fourth-order valence-electron chi connectivity index (χ4n) is 2.05. The van der Waals surface area contributed by atoms with Gasteiger partial charge in [0.2, 0.25) is 15.9 Å². The zero-order valence-electron chi connectivity index (χ0n) is 13.3. The van der Waals surface area contributed by atoms with E-state index in [4.69, 9.17) is 16.1 Å². The molecule has 1 amide bonds. The standard InChI is InChI=1S/C15H18ClN3O4S/c1-10-14(11(2)23-19-10)9-17-15(20)6-7-18-24(21,22)13-5-3-4-12(16)8-13/h3-5,8,18H,6-7,9H2,1-2H3,(H,17,20). The Morgan fingerprint density at radius 3 is 2.71 bits per heavy atom. The van der Waals surface area contributed by atoms with Crippen LogP contribution >= 0.6 is 11.6 Å². The first-order valence-electron chi connectivity index (χ1n) is 7.23. The molecule has 0 fully saturated rings. The predicted octanol–water partition coefficient (Wildman–Crippen LogP) is 1.93. The molecule has 0 radical (unpaired) electrons. The van der Waals surface area contributed by atoms with Crippen LogP contribution in [0.25, 0.3) is 0 Å². The molecule has 0 saturated heterocycles. The number of hydrogen-bond acceptors (Lipinski definition) is 5. The van der Waals surface area contributed by atoms with Crippen molar-refractivity contribution in [3.05, 3.63) is 46.3 Å². The monoisotopic (exact) mass is 371 g/mol. The summed E-state index contributed by atoms with van der Waals surface area (Å²) in [6, 6.07) is 5.92. The lowest BCUT2D eigenvalue weighted by molar-refractivity contribution is -0.121. The lowest BCUT2D eigenvalue weighted by atomic mass is 10.2. The molecule has 2 rings (SSSR count). The molecule has 1 aromatic carbocycles. The number of nitrogens with one attached hydrogen (secondary N) is 2. The molecule has 24 heavy (non-hydrogen) atoms. The molecule has 0 spiro atoms. The highest BCUT2D eigenvalue weighted by atomic mass is 35.5. The van der Waals surface area contributed by atoms with Gasteiger partial charge in [-0.2, -0.15) is 0 Å². The Morgan fingerprint density at radius 2 is 2.08 bits per heavy atom. The van der Waals surface area contributed by atoms with Crippen LogP contribution in [0.2, 0.25) is 5.02 Å². The summed E-state index contributed by atoms with van der Waals surface area (Å²) in [6.07, 6.45) is 0.0170.